The quantitative estimate of drug-likeness (QED) is 0.781. The van der Waals surface area contributed by atoms with Crippen molar-refractivity contribution < 1.29 is 9.90 Å². The van der Waals surface area contributed by atoms with Gasteiger partial charge in [-0.15, -0.1) is 0 Å². The molecule has 2 saturated carbocycles. The Labute approximate surface area is 143 Å². The fraction of sp³-hybridized carbons (Fsp3) is 0.650. The fourth-order valence-electron chi connectivity index (χ4n) is 6.19. The maximum Gasteiger partial charge on any atom is 0.237 e. The summed E-state index contributed by atoms with van der Waals surface area (Å²) in [6.45, 7) is 0.936. The van der Waals surface area contributed by atoms with Gasteiger partial charge in [-0.1, -0.05) is 24.3 Å². The van der Waals surface area contributed by atoms with Crippen LogP contribution in [0.4, 0.5) is 0 Å². The maximum absolute atomic E-state index is 12.8. The van der Waals surface area contributed by atoms with Gasteiger partial charge < -0.3 is 15.7 Å². The first-order valence-corrected chi connectivity index (χ1v) is 9.43. The molecule has 3 atom stereocenters. The van der Waals surface area contributed by atoms with Crippen LogP contribution in [-0.2, 0) is 4.79 Å². The van der Waals surface area contributed by atoms with E-state index < -0.39 is 5.60 Å². The van der Waals surface area contributed by atoms with Crippen LogP contribution in [0.5, 0.6) is 0 Å². The number of benzene rings is 1. The number of carbonyl (C=O) groups is 1. The zero-order chi connectivity index (χ0) is 16.4. The highest BCUT2D eigenvalue weighted by Crippen LogP contribution is 2.59. The van der Waals surface area contributed by atoms with Crippen LogP contribution < -0.4 is 10.6 Å². The smallest absolute Gasteiger partial charge is 0.237 e. The lowest BCUT2D eigenvalue weighted by Crippen LogP contribution is -2.62. The summed E-state index contributed by atoms with van der Waals surface area (Å²) in [4.78, 5) is 12.8. The molecule has 0 aromatic heterocycles. The van der Waals surface area contributed by atoms with E-state index in [1.807, 2.05) is 0 Å². The summed E-state index contributed by atoms with van der Waals surface area (Å²) in [5.74, 6) is 0.871. The molecular weight excluding hydrogens is 300 g/mol. The Bertz CT molecular complexity index is 645. The minimum absolute atomic E-state index is 0.0450. The number of nitrogens with one attached hydrogen (secondary N) is 2. The zero-order valence-corrected chi connectivity index (χ0v) is 14.1. The number of rotatable bonds is 2. The summed E-state index contributed by atoms with van der Waals surface area (Å²) < 4.78 is 0. The Kier molecular flexibility index (Phi) is 3.14. The summed E-state index contributed by atoms with van der Waals surface area (Å²) in [6.07, 6.45) is 6.37. The summed E-state index contributed by atoms with van der Waals surface area (Å²) in [7, 11) is 0. The molecule has 1 aromatic carbocycles. The van der Waals surface area contributed by atoms with Gasteiger partial charge in [0.15, 0.2) is 0 Å². The standard InChI is InChI=1S/C20H26N2O2/c23-18(17-6-3-7-21-17)22-19-8-13-10-20(24,12-19)11-14(9-19)16-5-2-1-4-15(13)16/h1-2,4-5,13-14,17,21,24H,3,6-12H2,(H,22,23)/t13?,14?,17-,19?,20?/m1/s1. The van der Waals surface area contributed by atoms with E-state index in [-0.39, 0.29) is 17.5 Å². The molecule has 4 nitrogen and oxygen atoms in total. The van der Waals surface area contributed by atoms with Crippen LogP contribution in [0.1, 0.15) is 67.9 Å². The molecule has 128 valence electrons. The lowest BCUT2D eigenvalue weighted by molar-refractivity contribution is -0.130. The minimum Gasteiger partial charge on any atom is -0.390 e. The summed E-state index contributed by atoms with van der Waals surface area (Å²) >= 11 is 0. The lowest BCUT2D eigenvalue weighted by Gasteiger charge is -2.53. The lowest BCUT2D eigenvalue weighted by atomic mass is 9.60. The first-order valence-electron chi connectivity index (χ1n) is 9.43. The largest absolute Gasteiger partial charge is 0.390 e. The van der Waals surface area contributed by atoms with Gasteiger partial charge in [0.05, 0.1) is 11.6 Å². The van der Waals surface area contributed by atoms with E-state index in [0.717, 1.165) is 51.5 Å². The highest BCUT2D eigenvalue weighted by Gasteiger charge is 2.57. The van der Waals surface area contributed by atoms with E-state index in [1.54, 1.807) is 0 Å². The van der Waals surface area contributed by atoms with Crippen molar-refractivity contribution in [2.75, 3.05) is 6.54 Å². The van der Waals surface area contributed by atoms with Gasteiger partial charge in [-0.05, 0) is 74.5 Å². The average molecular weight is 326 g/mol. The van der Waals surface area contributed by atoms with Crippen molar-refractivity contribution in [2.45, 2.75) is 74.0 Å². The van der Waals surface area contributed by atoms with Crippen LogP contribution in [0.25, 0.3) is 0 Å². The van der Waals surface area contributed by atoms with E-state index in [1.165, 1.54) is 11.1 Å². The molecule has 1 aliphatic heterocycles. The van der Waals surface area contributed by atoms with Crippen molar-refractivity contribution in [3.05, 3.63) is 35.4 Å². The topological polar surface area (TPSA) is 61.4 Å². The second kappa shape index (κ2) is 5.06. The zero-order valence-electron chi connectivity index (χ0n) is 14.1. The Hall–Kier alpha value is -1.39. The molecule has 2 unspecified atom stereocenters. The van der Waals surface area contributed by atoms with Gasteiger partial charge in [0, 0.05) is 5.54 Å². The van der Waals surface area contributed by atoms with Crippen LogP contribution in [0.3, 0.4) is 0 Å². The summed E-state index contributed by atoms with van der Waals surface area (Å²) in [5.41, 5.74) is 1.96. The van der Waals surface area contributed by atoms with Crippen molar-refractivity contribution >= 4 is 5.91 Å². The van der Waals surface area contributed by atoms with Crippen LogP contribution in [0.2, 0.25) is 0 Å². The first-order chi connectivity index (χ1) is 11.6. The Morgan fingerprint density at radius 1 is 1.12 bits per heavy atom. The molecule has 1 heterocycles. The normalized spacial score (nSPS) is 42.6. The van der Waals surface area contributed by atoms with Crippen molar-refractivity contribution in [1.29, 1.82) is 0 Å². The predicted molar refractivity (Wildman–Crippen MR) is 91.9 cm³/mol. The predicted octanol–water partition coefficient (Wildman–Crippen LogP) is 2.18. The third kappa shape index (κ3) is 2.23. The molecule has 4 aliphatic carbocycles. The molecule has 6 rings (SSSR count). The molecule has 4 bridgehead atoms. The van der Waals surface area contributed by atoms with Crippen LogP contribution >= 0.6 is 0 Å². The molecule has 1 aromatic rings. The maximum atomic E-state index is 12.8. The second-order valence-corrected chi connectivity index (χ2v) is 8.66. The van der Waals surface area contributed by atoms with Gasteiger partial charge in [-0.3, -0.25) is 4.79 Å². The number of aliphatic hydroxyl groups is 1. The van der Waals surface area contributed by atoms with Gasteiger partial charge in [0.25, 0.3) is 0 Å². The fourth-order valence-corrected chi connectivity index (χ4v) is 6.19. The van der Waals surface area contributed by atoms with Crippen molar-refractivity contribution in [3.63, 3.8) is 0 Å². The first kappa shape index (κ1) is 14.9. The summed E-state index contributed by atoms with van der Waals surface area (Å²) in [6, 6.07) is 8.66. The van der Waals surface area contributed by atoms with Crippen molar-refractivity contribution in [3.8, 4) is 0 Å². The van der Waals surface area contributed by atoms with Gasteiger partial charge in [-0.2, -0.15) is 0 Å². The highest BCUT2D eigenvalue weighted by molar-refractivity contribution is 5.83. The van der Waals surface area contributed by atoms with E-state index in [0.29, 0.717) is 11.8 Å². The van der Waals surface area contributed by atoms with E-state index in [2.05, 4.69) is 34.9 Å². The average Bonchev–Trinajstić information content (AvgIpc) is 3.02. The molecule has 24 heavy (non-hydrogen) atoms. The molecule has 5 aliphatic rings. The van der Waals surface area contributed by atoms with Gasteiger partial charge in [-0.25, -0.2) is 0 Å². The number of carbonyl (C=O) groups excluding carboxylic acids is 1. The second-order valence-electron chi connectivity index (χ2n) is 8.66. The molecule has 4 heteroatoms. The van der Waals surface area contributed by atoms with Crippen molar-refractivity contribution in [2.24, 2.45) is 0 Å². The molecule has 3 N–H and O–H groups in total. The highest BCUT2D eigenvalue weighted by atomic mass is 16.3. The molecular formula is C20H26N2O2. The van der Waals surface area contributed by atoms with E-state index >= 15 is 0 Å². The van der Waals surface area contributed by atoms with Crippen molar-refractivity contribution in [1.82, 2.24) is 10.6 Å². The summed E-state index contributed by atoms with van der Waals surface area (Å²) in [5, 5.41) is 17.9. The Morgan fingerprint density at radius 2 is 1.79 bits per heavy atom. The number of hydrogen-bond acceptors (Lipinski definition) is 3. The molecule has 1 saturated heterocycles. The Balaban J connectivity index is 1.50. The molecule has 0 radical (unpaired) electrons. The minimum atomic E-state index is -0.624. The number of hydrogen-bond donors (Lipinski definition) is 3. The monoisotopic (exact) mass is 326 g/mol. The Morgan fingerprint density at radius 3 is 2.38 bits per heavy atom. The SMILES string of the molecule is O=C(NC12CC3CC(O)(CC(C1)c1ccccc13)C2)[C@H]1CCCN1. The number of amides is 1. The molecule has 0 spiro atoms. The van der Waals surface area contributed by atoms with Crippen LogP contribution in [0, 0.1) is 0 Å². The van der Waals surface area contributed by atoms with E-state index in [4.69, 9.17) is 0 Å². The third-order valence-corrected chi connectivity index (χ3v) is 6.84. The van der Waals surface area contributed by atoms with Gasteiger partial charge >= 0.3 is 0 Å². The molecule has 3 fully saturated rings. The van der Waals surface area contributed by atoms with Crippen LogP contribution in [-0.4, -0.2) is 34.7 Å². The third-order valence-electron chi connectivity index (χ3n) is 6.84. The van der Waals surface area contributed by atoms with Gasteiger partial charge in [0.2, 0.25) is 5.91 Å². The van der Waals surface area contributed by atoms with E-state index in [9.17, 15) is 9.90 Å². The van der Waals surface area contributed by atoms with Gasteiger partial charge in [0.1, 0.15) is 0 Å². The van der Waals surface area contributed by atoms with Crippen LogP contribution in [0.15, 0.2) is 24.3 Å². The molecule has 1 amide bonds.